The molecule has 0 aliphatic heterocycles. The lowest BCUT2D eigenvalue weighted by Crippen LogP contribution is -2.25. The summed E-state index contributed by atoms with van der Waals surface area (Å²) in [4.78, 5) is 0. The molecule has 0 unspecified atom stereocenters. The second kappa shape index (κ2) is 5.65. The zero-order valence-corrected chi connectivity index (χ0v) is 6.28. The first kappa shape index (κ1) is 8.52. The molecule has 52 valence electrons. The van der Waals surface area contributed by atoms with Crippen LogP contribution in [0.3, 0.4) is 0 Å². The minimum Gasteiger partial charge on any atom is -0.304 e. The molecule has 0 aromatic heterocycles. The van der Waals surface area contributed by atoms with Crippen LogP contribution in [0.1, 0.15) is 26.7 Å². The van der Waals surface area contributed by atoms with Gasteiger partial charge in [0.15, 0.2) is 0 Å². The van der Waals surface area contributed by atoms with Gasteiger partial charge in [0.2, 0.25) is 0 Å². The molecule has 1 heteroatoms. The highest BCUT2D eigenvalue weighted by Crippen LogP contribution is 1.92. The third-order valence-electron chi connectivity index (χ3n) is 1.27. The van der Waals surface area contributed by atoms with Gasteiger partial charge in [0.05, 0.1) is 6.54 Å². The van der Waals surface area contributed by atoms with E-state index in [4.69, 9.17) is 6.42 Å². The average molecular weight is 125 g/mol. The smallest absolute Gasteiger partial charge is 0.0575 e. The van der Waals surface area contributed by atoms with Crippen molar-refractivity contribution in [1.82, 2.24) is 5.32 Å². The Morgan fingerprint density at radius 1 is 1.67 bits per heavy atom. The molecule has 0 heterocycles. The molecule has 0 amide bonds. The average Bonchev–Trinajstić information content (AvgIpc) is 1.85. The molecule has 0 saturated heterocycles. The number of terminal acetylenes is 1. The van der Waals surface area contributed by atoms with Gasteiger partial charge in [-0.15, -0.1) is 6.42 Å². The molecule has 0 radical (unpaired) electrons. The van der Waals surface area contributed by atoms with Crippen LogP contribution in [-0.4, -0.2) is 12.6 Å². The maximum Gasteiger partial charge on any atom is 0.0575 e. The van der Waals surface area contributed by atoms with Crippen molar-refractivity contribution in [2.75, 3.05) is 6.54 Å². The van der Waals surface area contributed by atoms with Gasteiger partial charge >= 0.3 is 0 Å². The Labute approximate surface area is 57.8 Å². The lowest BCUT2D eigenvalue weighted by Gasteiger charge is -2.08. The molecule has 0 fully saturated rings. The van der Waals surface area contributed by atoms with Crippen molar-refractivity contribution in [3.05, 3.63) is 0 Å². The van der Waals surface area contributed by atoms with Crippen LogP contribution in [0.5, 0.6) is 0 Å². The molecule has 0 aliphatic carbocycles. The van der Waals surface area contributed by atoms with Crippen LogP contribution in [0.2, 0.25) is 0 Å². The van der Waals surface area contributed by atoms with Crippen LogP contribution in [0.25, 0.3) is 0 Å². The van der Waals surface area contributed by atoms with Crippen LogP contribution in [-0.2, 0) is 0 Å². The van der Waals surface area contributed by atoms with Gasteiger partial charge in [-0.05, 0) is 13.3 Å². The molecule has 0 bridgehead atoms. The maximum absolute atomic E-state index is 5.06. The van der Waals surface area contributed by atoms with E-state index in [2.05, 4.69) is 25.1 Å². The Morgan fingerprint density at radius 2 is 2.33 bits per heavy atom. The Bertz CT molecular complexity index is 91.2. The second-order valence-electron chi connectivity index (χ2n) is 2.27. The molecular weight excluding hydrogens is 110 g/mol. The fourth-order valence-electron chi connectivity index (χ4n) is 0.768. The first-order valence-corrected chi connectivity index (χ1v) is 3.48. The standard InChI is InChI=1S/C8H15N/c1-4-6-8(3)9-7-5-2/h2,8-9H,4,6-7H2,1,3H3/t8-/m1/s1. The molecule has 0 rings (SSSR count). The SMILES string of the molecule is C#CCN[C@H](C)CCC. The van der Waals surface area contributed by atoms with Crippen LogP contribution in [0, 0.1) is 12.3 Å². The van der Waals surface area contributed by atoms with E-state index in [1.807, 2.05) is 0 Å². The molecule has 0 aliphatic rings. The minimum absolute atomic E-state index is 0.575. The van der Waals surface area contributed by atoms with E-state index in [0.717, 1.165) is 0 Å². The molecule has 0 saturated carbocycles. The van der Waals surface area contributed by atoms with E-state index in [0.29, 0.717) is 12.6 Å². The van der Waals surface area contributed by atoms with Gasteiger partial charge in [-0.25, -0.2) is 0 Å². The predicted octanol–water partition coefficient (Wildman–Crippen LogP) is 1.40. The van der Waals surface area contributed by atoms with Crippen LogP contribution in [0.15, 0.2) is 0 Å². The normalized spacial score (nSPS) is 12.6. The monoisotopic (exact) mass is 125 g/mol. The molecule has 0 aromatic carbocycles. The topological polar surface area (TPSA) is 12.0 Å². The van der Waals surface area contributed by atoms with E-state index in [1.54, 1.807) is 0 Å². The van der Waals surface area contributed by atoms with Gasteiger partial charge in [-0.3, -0.25) is 0 Å². The van der Waals surface area contributed by atoms with Gasteiger partial charge in [-0.2, -0.15) is 0 Å². The van der Waals surface area contributed by atoms with Crippen LogP contribution in [0.4, 0.5) is 0 Å². The Hall–Kier alpha value is -0.480. The highest BCUT2D eigenvalue weighted by atomic mass is 14.9. The molecule has 1 nitrogen and oxygen atoms in total. The van der Waals surface area contributed by atoms with Crippen molar-refractivity contribution in [2.45, 2.75) is 32.7 Å². The summed E-state index contributed by atoms with van der Waals surface area (Å²) in [5.74, 6) is 2.55. The van der Waals surface area contributed by atoms with E-state index in [1.165, 1.54) is 12.8 Å². The van der Waals surface area contributed by atoms with E-state index in [9.17, 15) is 0 Å². The van der Waals surface area contributed by atoms with Crippen molar-refractivity contribution in [3.63, 3.8) is 0 Å². The Morgan fingerprint density at radius 3 is 2.78 bits per heavy atom. The zero-order chi connectivity index (χ0) is 7.11. The van der Waals surface area contributed by atoms with E-state index in [-0.39, 0.29) is 0 Å². The summed E-state index contributed by atoms with van der Waals surface area (Å²) in [5, 5.41) is 3.20. The molecule has 0 aromatic rings. The first-order valence-electron chi connectivity index (χ1n) is 3.48. The Balaban J connectivity index is 3.07. The van der Waals surface area contributed by atoms with Gasteiger partial charge < -0.3 is 5.32 Å². The van der Waals surface area contributed by atoms with Gasteiger partial charge in [0.1, 0.15) is 0 Å². The largest absolute Gasteiger partial charge is 0.304 e. The lowest BCUT2D eigenvalue weighted by molar-refractivity contribution is 0.540. The van der Waals surface area contributed by atoms with Crippen molar-refractivity contribution in [1.29, 1.82) is 0 Å². The molecule has 1 N–H and O–H groups in total. The number of hydrogen-bond donors (Lipinski definition) is 1. The van der Waals surface area contributed by atoms with Gasteiger partial charge in [-0.1, -0.05) is 19.3 Å². The highest BCUT2D eigenvalue weighted by molar-refractivity contribution is 4.87. The maximum atomic E-state index is 5.06. The fraction of sp³-hybridized carbons (Fsp3) is 0.750. The number of nitrogens with one attached hydrogen (secondary N) is 1. The summed E-state index contributed by atoms with van der Waals surface area (Å²) >= 11 is 0. The van der Waals surface area contributed by atoms with Gasteiger partial charge in [0.25, 0.3) is 0 Å². The minimum atomic E-state index is 0.575. The zero-order valence-electron chi connectivity index (χ0n) is 6.28. The Kier molecular flexibility index (Phi) is 5.35. The fourth-order valence-corrected chi connectivity index (χ4v) is 0.768. The summed E-state index contributed by atoms with van der Waals surface area (Å²) < 4.78 is 0. The molecule has 9 heavy (non-hydrogen) atoms. The molecule has 1 atom stereocenters. The number of rotatable bonds is 4. The van der Waals surface area contributed by atoms with Crippen molar-refractivity contribution in [2.24, 2.45) is 0 Å². The van der Waals surface area contributed by atoms with Crippen molar-refractivity contribution in [3.8, 4) is 12.3 Å². The predicted molar refractivity (Wildman–Crippen MR) is 41.2 cm³/mol. The summed E-state index contributed by atoms with van der Waals surface area (Å²) in [7, 11) is 0. The van der Waals surface area contributed by atoms with Crippen molar-refractivity contribution >= 4 is 0 Å². The molecular formula is C8H15N. The summed E-state index contributed by atoms with van der Waals surface area (Å²) in [6.45, 7) is 5.02. The van der Waals surface area contributed by atoms with Gasteiger partial charge in [0, 0.05) is 6.04 Å². The first-order chi connectivity index (χ1) is 4.31. The lowest BCUT2D eigenvalue weighted by atomic mass is 10.2. The number of hydrogen-bond acceptors (Lipinski definition) is 1. The van der Waals surface area contributed by atoms with Crippen LogP contribution >= 0.6 is 0 Å². The summed E-state index contributed by atoms with van der Waals surface area (Å²) in [6.07, 6.45) is 7.49. The second-order valence-corrected chi connectivity index (χ2v) is 2.27. The summed E-state index contributed by atoms with van der Waals surface area (Å²) in [5.41, 5.74) is 0. The van der Waals surface area contributed by atoms with Crippen LogP contribution < -0.4 is 5.32 Å². The third kappa shape index (κ3) is 5.39. The van der Waals surface area contributed by atoms with E-state index < -0.39 is 0 Å². The summed E-state index contributed by atoms with van der Waals surface area (Å²) in [6, 6.07) is 0.575. The highest BCUT2D eigenvalue weighted by Gasteiger charge is 1.94. The third-order valence-corrected chi connectivity index (χ3v) is 1.27. The van der Waals surface area contributed by atoms with Crippen molar-refractivity contribution < 1.29 is 0 Å². The van der Waals surface area contributed by atoms with E-state index >= 15 is 0 Å². The quantitative estimate of drug-likeness (QED) is 0.560. The molecule has 0 spiro atoms.